The first-order chi connectivity index (χ1) is 9.67. The number of methoxy groups -OCH3 is 1. The van der Waals surface area contributed by atoms with E-state index in [1.807, 2.05) is 25.1 Å². The highest BCUT2D eigenvalue weighted by Crippen LogP contribution is 2.23. The molecule has 21 heavy (non-hydrogen) atoms. The second-order valence-corrected chi connectivity index (χ2v) is 8.53. The third kappa shape index (κ3) is 6.48. The van der Waals surface area contributed by atoms with Crippen LogP contribution in [0.5, 0.6) is 5.75 Å². The molecule has 0 amide bonds. The second kappa shape index (κ2) is 7.27. The predicted octanol–water partition coefficient (Wildman–Crippen LogP) is 2.91. The molecule has 120 valence electrons. The maximum atomic E-state index is 12.0. The SMILES string of the molecule is CCCS(=O)(=O)Cc1cc(CNC(C)(C)C)ccc1OC. The molecule has 1 aromatic carbocycles. The van der Waals surface area contributed by atoms with Crippen molar-refractivity contribution in [3.05, 3.63) is 29.3 Å². The Hall–Kier alpha value is -1.07. The van der Waals surface area contributed by atoms with Gasteiger partial charge in [0.2, 0.25) is 0 Å². The monoisotopic (exact) mass is 313 g/mol. The van der Waals surface area contributed by atoms with Crippen molar-refractivity contribution in [2.45, 2.75) is 52.0 Å². The Morgan fingerprint density at radius 1 is 1.24 bits per heavy atom. The molecule has 0 saturated carbocycles. The third-order valence-electron chi connectivity index (χ3n) is 3.06. The highest BCUT2D eigenvalue weighted by atomic mass is 32.2. The average molecular weight is 313 g/mol. The lowest BCUT2D eigenvalue weighted by atomic mass is 10.1. The molecule has 1 rings (SSSR count). The second-order valence-electron chi connectivity index (χ2n) is 6.34. The van der Waals surface area contributed by atoms with Gasteiger partial charge in [-0.25, -0.2) is 8.42 Å². The topological polar surface area (TPSA) is 55.4 Å². The van der Waals surface area contributed by atoms with Crippen molar-refractivity contribution in [3.63, 3.8) is 0 Å². The van der Waals surface area contributed by atoms with Crippen LogP contribution >= 0.6 is 0 Å². The van der Waals surface area contributed by atoms with Gasteiger partial charge in [0.15, 0.2) is 9.84 Å². The molecular formula is C16H27NO3S. The van der Waals surface area contributed by atoms with Crippen LogP contribution < -0.4 is 10.1 Å². The lowest BCUT2D eigenvalue weighted by Crippen LogP contribution is -2.35. The summed E-state index contributed by atoms with van der Waals surface area (Å²) in [6, 6.07) is 5.73. The quantitative estimate of drug-likeness (QED) is 0.841. The van der Waals surface area contributed by atoms with Gasteiger partial charge in [0.25, 0.3) is 0 Å². The number of rotatable bonds is 7. The first-order valence-corrected chi connectivity index (χ1v) is 9.10. The van der Waals surface area contributed by atoms with E-state index in [-0.39, 0.29) is 17.0 Å². The maximum absolute atomic E-state index is 12.0. The molecule has 5 heteroatoms. The van der Waals surface area contributed by atoms with E-state index >= 15 is 0 Å². The van der Waals surface area contributed by atoms with Gasteiger partial charge in [0, 0.05) is 17.6 Å². The van der Waals surface area contributed by atoms with Crippen LogP contribution in [0.1, 0.15) is 45.2 Å². The summed E-state index contributed by atoms with van der Waals surface area (Å²) in [5.41, 5.74) is 1.82. The van der Waals surface area contributed by atoms with Crippen LogP contribution in [0.2, 0.25) is 0 Å². The molecule has 0 unspecified atom stereocenters. The van der Waals surface area contributed by atoms with Crippen LogP contribution in [0.25, 0.3) is 0 Å². The first kappa shape index (κ1) is 18.0. The Labute approximate surface area is 128 Å². The minimum absolute atomic E-state index is 0.0222. The normalized spacial score (nSPS) is 12.4. The molecule has 0 bridgehead atoms. The van der Waals surface area contributed by atoms with Gasteiger partial charge < -0.3 is 10.1 Å². The number of nitrogens with one attached hydrogen (secondary N) is 1. The molecule has 1 aromatic rings. The van der Waals surface area contributed by atoms with Gasteiger partial charge in [-0.2, -0.15) is 0 Å². The lowest BCUT2D eigenvalue weighted by Gasteiger charge is -2.21. The number of benzene rings is 1. The summed E-state index contributed by atoms with van der Waals surface area (Å²) < 4.78 is 29.3. The largest absolute Gasteiger partial charge is 0.496 e. The summed E-state index contributed by atoms with van der Waals surface area (Å²) in [6.07, 6.45) is 0.635. The van der Waals surface area contributed by atoms with Gasteiger partial charge in [0.1, 0.15) is 5.75 Å². The van der Waals surface area contributed by atoms with Gasteiger partial charge in [-0.3, -0.25) is 0 Å². The zero-order valence-corrected chi connectivity index (χ0v) is 14.5. The molecule has 0 aliphatic carbocycles. The van der Waals surface area contributed by atoms with Gasteiger partial charge in [-0.15, -0.1) is 0 Å². The molecule has 0 heterocycles. The molecular weight excluding hydrogens is 286 g/mol. The highest BCUT2D eigenvalue weighted by molar-refractivity contribution is 7.90. The third-order valence-corrected chi connectivity index (χ3v) is 4.84. The molecule has 1 N–H and O–H groups in total. The van der Waals surface area contributed by atoms with Crippen LogP contribution in [0, 0.1) is 0 Å². The zero-order chi connectivity index (χ0) is 16.1. The van der Waals surface area contributed by atoms with Crippen LogP contribution in [-0.4, -0.2) is 26.8 Å². The molecule has 0 radical (unpaired) electrons. The van der Waals surface area contributed by atoms with E-state index in [1.54, 1.807) is 7.11 Å². The Morgan fingerprint density at radius 2 is 1.90 bits per heavy atom. The van der Waals surface area contributed by atoms with Gasteiger partial charge in [-0.1, -0.05) is 13.0 Å². The lowest BCUT2D eigenvalue weighted by molar-refractivity contribution is 0.409. The van der Waals surface area contributed by atoms with Crippen molar-refractivity contribution in [3.8, 4) is 5.75 Å². The Morgan fingerprint density at radius 3 is 2.43 bits per heavy atom. The van der Waals surface area contributed by atoms with E-state index in [0.717, 1.165) is 11.1 Å². The summed E-state index contributed by atoms with van der Waals surface area (Å²) in [5, 5.41) is 3.40. The summed E-state index contributed by atoms with van der Waals surface area (Å²) in [4.78, 5) is 0. The fourth-order valence-electron chi connectivity index (χ4n) is 2.04. The minimum atomic E-state index is -3.08. The van der Waals surface area contributed by atoms with E-state index in [1.165, 1.54) is 0 Å². The fraction of sp³-hybridized carbons (Fsp3) is 0.625. The molecule has 0 aliphatic rings. The van der Waals surface area contributed by atoms with Crippen molar-refractivity contribution >= 4 is 9.84 Å². The van der Waals surface area contributed by atoms with E-state index in [0.29, 0.717) is 18.7 Å². The van der Waals surface area contributed by atoms with Crippen molar-refractivity contribution in [2.24, 2.45) is 0 Å². The fourth-order valence-corrected chi connectivity index (χ4v) is 3.51. The maximum Gasteiger partial charge on any atom is 0.154 e. The van der Waals surface area contributed by atoms with Gasteiger partial charge in [-0.05, 0) is 44.9 Å². The summed E-state index contributed by atoms with van der Waals surface area (Å²) >= 11 is 0. The molecule has 4 nitrogen and oxygen atoms in total. The van der Waals surface area contributed by atoms with E-state index in [9.17, 15) is 8.42 Å². The molecule has 0 spiro atoms. The van der Waals surface area contributed by atoms with E-state index in [2.05, 4.69) is 26.1 Å². The van der Waals surface area contributed by atoms with Crippen molar-refractivity contribution < 1.29 is 13.2 Å². The number of hydrogen-bond donors (Lipinski definition) is 1. The molecule has 0 fully saturated rings. The summed E-state index contributed by atoms with van der Waals surface area (Å²) in [7, 11) is -1.51. The van der Waals surface area contributed by atoms with Crippen LogP contribution in [-0.2, 0) is 22.1 Å². The average Bonchev–Trinajstić information content (AvgIpc) is 2.35. The summed E-state index contributed by atoms with van der Waals surface area (Å²) in [6.45, 7) is 8.88. The standard InChI is InChI=1S/C16H27NO3S/c1-6-9-21(18,19)12-14-10-13(7-8-15(14)20-5)11-17-16(2,3)4/h7-8,10,17H,6,9,11-12H2,1-5H3. The van der Waals surface area contributed by atoms with Crippen molar-refractivity contribution in [2.75, 3.05) is 12.9 Å². The molecule has 0 aromatic heterocycles. The smallest absolute Gasteiger partial charge is 0.154 e. The van der Waals surface area contributed by atoms with E-state index in [4.69, 9.17) is 4.74 Å². The van der Waals surface area contributed by atoms with Crippen LogP contribution in [0.3, 0.4) is 0 Å². The molecule has 0 atom stereocenters. The van der Waals surface area contributed by atoms with Crippen LogP contribution in [0.4, 0.5) is 0 Å². The van der Waals surface area contributed by atoms with Gasteiger partial charge in [0.05, 0.1) is 18.6 Å². The molecule has 0 aliphatic heterocycles. The zero-order valence-electron chi connectivity index (χ0n) is 13.7. The van der Waals surface area contributed by atoms with Crippen LogP contribution in [0.15, 0.2) is 18.2 Å². The summed E-state index contributed by atoms with van der Waals surface area (Å²) in [5.74, 6) is 0.878. The Bertz CT molecular complexity index is 559. The van der Waals surface area contributed by atoms with Crippen molar-refractivity contribution in [1.29, 1.82) is 0 Å². The van der Waals surface area contributed by atoms with E-state index < -0.39 is 9.84 Å². The van der Waals surface area contributed by atoms with Crippen molar-refractivity contribution in [1.82, 2.24) is 5.32 Å². The molecule has 0 saturated heterocycles. The number of hydrogen-bond acceptors (Lipinski definition) is 4. The Kier molecular flexibility index (Phi) is 6.23. The minimum Gasteiger partial charge on any atom is -0.496 e. The Balaban J connectivity index is 2.95. The number of sulfone groups is 1. The number of ether oxygens (including phenoxy) is 1. The van der Waals surface area contributed by atoms with Gasteiger partial charge >= 0.3 is 0 Å². The highest BCUT2D eigenvalue weighted by Gasteiger charge is 2.15. The predicted molar refractivity (Wildman–Crippen MR) is 87.4 cm³/mol. The first-order valence-electron chi connectivity index (χ1n) is 7.28.